The van der Waals surface area contributed by atoms with E-state index in [0.29, 0.717) is 17.2 Å². The lowest BCUT2D eigenvalue weighted by Crippen LogP contribution is -2.41. The molecule has 0 aliphatic heterocycles. The fourth-order valence-corrected chi connectivity index (χ4v) is 4.28. The third kappa shape index (κ3) is 3.44. The van der Waals surface area contributed by atoms with Crippen LogP contribution in [-0.2, 0) is 17.8 Å². The largest absolute Gasteiger partial charge is 0.347 e. The first kappa shape index (κ1) is 18.4. The van der Waals surface area contributed by atoms with Crippen LogP contribution in [-0.4, -0.2) is 15.7 Å². The topological polar surface area (TPSA) is 64.0 Å². The second kappa shape index (κ2) is 7.58. The number of aryl methyl sites for hydroxylation is 1. The Morgan fingerprint density at radius 2 is 1.93 bits per heavy atom. The van der Waals surface area contributed by atoms with Crippen molar-refractivity contribution in [2.45, 2.75) is 39.3 Å². The maximum absolute atomic E-state index is 12.8. The van der Waals surface area contributed by atoms with Gasteiger partial charge in [-0.15, -0.1) is 0 Å². The molecule has 2 atom stereocenters. The molecule has 3 aromatic rings. The second-order valence-corrected chi connectivity index (χ2v) is 7.89. The molecule has 1 aromatic heterocycles. The van der Waals surface area contributed by atoms with Crippen LogP contribution in [0.3, 0.4) is 0 Å². The average molecular weight is 375 g/mol. The molecular weight excluding hydrogens is 350 g/mol. The van der Waals surface area contributed by atoms with Crippen molar-refractivity contribution in [3.63, 3.8) is 0 Å². The van der Waals surface area contributed by atoms with Crippen LogP contribution in [0.15, 0.2) is 59.5 Å². The summed E-state index contributed by atoms with van der Waals surface area (Å²) >= 11 is 0. The first-order valence-corrected chi connectivity index (χ1v) is 9.86. The van der Waals surface area contributed by atoms with Gasteiger partial charge in [-0.1, -0.05) is 56.3 Å². The Morgan fingerprint density at radius 3 is 2.75 bits per heavy atom. The molecule has 0 fully saturated rings. The molecule has 0 saturated heterocycles. The van der Waals surface area contributed by atoms with Gasteiger partial charge in [0, 0.05) is 5.39 Å². The molecular formula is C23H25N3O2. The highest BCUT2D eigenvalue weighted by molar-refractivity contribution is 5.81. The molecule has 0 bridgehead atoms. The normalized spacial score (nSPS) is 18.8. The van der Waals surface area contributed by atoms with Crippen molar-refractivity contribution in [2.75, 3.05) is 0 Å². The van der Waals surface area contributed by atoms with Crippen LogP contribution in [0.1, 0.15) is 37.4 Å². The molecule has 144 valence electrons. The van der Waals surface area contributed by atoms with Gasteiger partial charge in [-0.05, 0) is 41.9 Å². The minimum Gasteiger partial charge on any atom is -0.347 e. The van der Waals surface area contributed by atoms with Crippen LogP contribution in [0.5, 0.6) is 0 Å². The van der Waals surface area contributed by atoms with Gasteiger partial charge in [0.25, 0.3) is 5.56 Å². The highest BCUT2D eigenvalue weighted by Gasteiger charge is 2.32. The fraction of sp³-hybridized carbons (Fsp3) is 0.348. The van der Waals surface area contributed by atoms with Gasteiger partial charge in [-0.3, -0.25) is 9.59 Å². The Bertz CT molecular complexity index is 1070. The first-order chi connectivity index (χ1) is 13.5. The van der Waals surface area contributed by atoms with Crippen LogP contribution in [0, 0.1) is 11.8 Å². The summed E-state index contributed by atoms with van der Waals surface area (Å²) in [4.78, 5) is 25.5. The molecule has 1 amide bonds. The quantitative estimate of drug-likeness (QED) is 0.759. The molecule has 0 unspecified atom stereocenters. The molecule has 5 nitrogen and oxygen atoms in total. The summed E-state index contributed by atoms with van der Waals surface area (Å²) in [5.41, 5.74) is 2.25. The van der Waals surface area contributed by atoms with E-state index in [1.807, 2.05) is 30.3 Å². The van der Waals surface area contributed by atoms with Gasteiger partial charge >= 0.3 is 0 Å². The Hall–Kier alpha value is -2.95. The third-order valence-corrected chi connectivity index (χ3v) is 5.79. The predicted molar refractivity (Wildman–Crippen MR) is 110 cm³/mol. The van der Waals surface area contributed by atoms with Crippen molar-refractivity contribution in [1.29, 1.82) is 0 Å². The number of fused-ring (bicyclic) bond motifs is 2. The van der Waals surface area contributed by atoms with Gasteiger partial charge in [-0.2, -0.15) is 5.10 Å². The molecule has 0 radical (unpaired) electrons. The third-order valence-electron chi connectivity index (χ3n) is 5.79. The SMILES string of the molecule is CC(C)[C@H]1CCc2ccccc2[C@H]1NC(=O)Cn1ncc2ccccc2c1=O. The summed E-state index contributed by atoms with van der Waals surface area (Å²) in [6, 6.07) is 15.6. The summed E-state index contributed by atoms with van der Waals surface area (Å²) in [6.07, 6.45) is 3.72. The second-order valence-electron chi connectivity index (χ2n) is 7.89. The number of aromatic nitrogens is 2. The highest BCUT2D eigenvalue weighted by Crippen LogP contribution is 2.38. The van der Waals surface area contributed by atoms with E-state index in [1.165, 1.54) is 15.8 Å². The predicted octanol–water partition coefficient (Wildman–Crippen LogP) is 3.47. The number of nitrogens with zero attached hydrogens (tertiary/aromatic N) is 2. The van der Waals surface area contributed by atoms with E-state index >= 15 is 0 Å². The van der Waals surface area contributed by atoms with Crippen LogP contribution in [0.25, 0.3) is 10.8 Å². The van der Waals surface area contributed by atoms with E-state index in [9.17, 15) is 9.59 Å². The van der Waals surface area contributed by atoms with Crippen molar-refractivity contribution in [3.05, 3.63) is 76.2 Å². The molecule has 1 aliphatic rings. The summed E-state index contributed by atoms with van der Waals surface area (Å²) in [5.74, 6) is 0.651. The van der Waals surface area contributed by atoms with Gasteiger partial charge in [-0.25, -0.2) is 4.68 Å². The number of hydrogen-bond acceptors (Lipinski definition) is 3. The molecule has 4 rings (SSSR count). The summed E-state index contributed by atoms with van der Waals surface area (Å²) < 4.78 is 1.25. The summed E-state index contributed by atoms with van der Waals surface area (Å²) in [5, 5.41) is 8.73. The van der Waals surface area contributed by atoms with Crippen molar-refractivity contribution < 1.29 is 4.79 Å². The van der Waals surface area contributed by atoms with Crippen LogP contribution in [0.4, 0.5) is 0 Å². The maximum atomic E-state index is 12.8. The van der Waals surface area contributed by atoms with Crippen molar-refractivity contribution in [3.8, 4) is 0 Å². The number of carbonyl (C=O) groups excluding carboxylic acids is 1. The minimum atomic E-state index is -0.238. The van der Waals surface area contributed by atoms with E-state index in [-0.39, 0.29) is 24.1 Å². The Kier molecular flexibility index (Phi) is 4.99. The van der Waals surface area contributed by atoms with Gasteiger partial charge in [0.2, 0.25) is 5.91 Å². The van der Waals surface area contributed by atoms with Crippen LogP contribution in [0.2, 0.25) is 0 Å². The zero-order valence-corrected chi connectivity index (χ0v) is 16.3. The van der Waals surface area contributed by atoms with Crippen molar-refractivity contribution in [1.82, 2.24) is 15.1 Å². The molecule has 0 saturated carbocycles. The van der Waals surface area contributed by atoms with E-state index < -0.39 is 0 Å². The van der Waals surface area contributed by atoms with Crippen molar-refractivity contribution >= 4 is 16.7 Å². The van der Waals surface area contributed by atoms with E-state index in [4.69, 9.17) is 0 Å². The Labute approximate surface area is 164 Å². The lowest BCUT2D eigenvalue weighted by molar-refractivity contribution is -0.123. The zero-order chi connectivity index (χ0) is 19.7. The van der Waals surface area contributed by atoms with E-state index in [2.05, 4.69) is 36.4 Å². The number of nitrogens with one attached hydrogen (secondary N) is 1. The van der Waals surface area contributed by atoms with Gasteiger partial charge in [0.1, 0.15) is 6.54 Å². The van der Waals surface area contributed by atoms with E-state index in [1.54, 1.807) is 12.3 Å². The number of rotatable bonds is 4. The first-order valence-electron chi connectivity index (χ1n) is 9.86. The molecule has 1 aliphatic carbocycles. The molecule has 2 aromatic carbocycles. The van der Waals surface area contributed by atoms with Crippen molar-refractivity contribution in [2.24, 2.45) is 11.8 Å². The lowest BCUT2D eigenvalue weighted by Gasteiger charge is -2.36. The molecule has 5 heteroatoms. The number of hydrogen-bond donors (Lipinski definition) is 1. The maximum Gasteiger partial charge on any atom is 0.275 e. The summed E-state index contributed by atoms with van der Waals surface area (Å²) in [6.45, 7) is 4.33. The zero-order valence-electron chi connectivity index (χ0n) is 16.3. The van der Waals surface area contributed by atoms with E-state index in [0.717, 1.165) is 18.2 Å². The van der Waals surface area contributed by atoms with Gasteiger partial charge in [0.15, 0.2) is 0 Å². The van der Waals surface area contributed by atoms with Gasteiger partial charge < -0.3 is 5.32 Å². The van der Waals surface area contributed by atoms with Crippen LogP contribution < -0.4 is 10.9 Å². The monoisotopic (exact) mass is 375 g/mol. The minimum absolute atomic E-state index is 0.0337. The van der Waals surface area contributed by atoms with Gasteiger partial charge in [0.05, 0.1) is 17.6 Å². The lowest BCUT2D eigenvalue weighted by atomic mass is 9.74. The smallest absolute Gasteiger partial charge is 0.275 e. The summed E-state index contributed by atoms with van der Waals surface area (Å²) in [7, 11) is 0. The average Bonchev–Trinajstić information content (AvgIpc) is 2.70. The fourth-order valence-electron chi connectivity index (χ4n) is 4.28. The number of carbonyl (C=O) groups is 1. The molecule has 1 heterocycles. The number of benzene rings is 2. The standard InChI is InChI=1S/C23H25N3O2/c1-15(2)18-12-11-16-7-3-5-9-19(16)22(18)25-21(27)14-26-23(28)20-10-6-4-8-17(20)13-24-26/h3-10,13,15,18,22H,11-12,14H2,1-2H3,(H,25,27)/t18-,22+/m1/s1. The number of amides is 1. The molecule has 0 spiro atoms. The van der Waals surface area contributed by atoms with Crippen LogP contribution >= 0.6 is 0 Å². The molecule has 28 heavy (non-hydrogen) atoms. The Balaban J connectivity index is 1.59. The highest BCUT2D eigenvalue weighted by atomic mass is 16.2. The Morgan fingerprint density at radius 1 is 1.18 bits per heavy atom. The molecule has 1 N–H and O–H groups in total.